The Balaban J connectivity index is 0.985. The summed E-state index contributed by atoms with van der Waals surface area (Å²) in [5.74, 6) is 0. The summed E-state index contributed by atoms with van der Waals surface area (Å²) in [7, 11) is 0. The molecule has 0 bridgehead atoms. The number of thiophene rings is 2. The van der Waals surface area contributed by atoms with Gasteiger partial charge >= 0.3 is 0 Å². The molecule has 0 amide bonds. The van der Waals surface area contributed by atoms with E-state index in [1.807, 2.05) is 22.7 Å². The van der Waals surface area contributed by atoms with Crippen molar-refractivity contribution < 1.29 is 0 Å². The van der Waals surface area contributed by atoms with Crippen LogP contribution >= 0.6 is 22.7 Å². The lowest BCUT2D eigenvalue weighted by atomic mass is 9.95. The van der Waals surface area contributed by atoms with E-state index in [2.05, 4.69) is 217 Å². The van der Waals surface area contributed by atoms with E-state index in [1.165, 1.54) is 113 Å². The number of aryl methyl sites for hydroxylation is 1. The van der Waals surface area contributed by atoms with Gasteiger partial charge in [0.2, 0.25) is 0 Å². The summed E-state index contributed by atoms with van der Waals surface area (Å²) in [5.41, 5.74) is 15.0. The fourth-order valence-electron chi connectivity index (χ4n) is 9.31. The van der Waals surface area contributed by atoms with Crippen LogP contribution < -0.4 is 4.90 Å². The van der Waals surface area contributed by atoms with Gasteiger partial charge in [-0.3, -0.25) is 0 Å². The first-order valence-electron chi connectivity index (χ1n) is 21.0. The molecule has 0 radical (unpaired) electrons. The third-order valence-electron chi connectivity index (χ3n) is 12.4. The van der Waals surface area contributed by atoms with E-state index in [0.29, 0.717) is 0 Å². The Morgan fingerprint density at radius 2 is 1.00 bits per heavy atom. The summed E-state index contributed by atoms with van der Waals surface area (Å²) in [5, 5.41) is 6.48. The van der Waals surface area contributed by atoms with E-state index < -0.39 is 0 Å². The Morgan fingerprint density at radius 3 is 1.79 bits per heavy atom. The highest BCUT2D eigenvalue weighted by Crippen LogP contribution is 2.49. The lowest BCUT2D eigenvalue weighted by molar-refractivity contribution is 0.913. The van der Waals surface area contributed by atoms with Crippen LogP contribution in [0.5, 0.6) is 0 Å². The van der Waals surface area contributed by atoms with Gasteiger partial charge in [-0.2, -0.15) is 0 Å². The van der Waals surface area contributed by atoms with Crippen LogP contribution in [0.25, 0.3) is 91.6 Å². The predicted octanol–water partition coefficient (Wildman–Crippen LogP) is 17.2. The highest BCUT2D eigenvalue weighted by Gasteiger charge is 2.26. The second-order valence-corrected chi connectivity index (χ2v) is 18.2. The highest BCUT2D eigenvalue weighted by molar-refractivity contribution is 7.26. The lowest BCUT2D eigenvalue weighted by Gasteiger charge is -2.31. The van der Waals surface area contributed by atoms with Crippen molar-refractivity contribution >= 4 is 81.2 Å². The molecule has 0 unspecified atom stereocenters. The van der Waals surface area contributed by atoms with Crippen molar-refractivity contribution in [3.05, 3.63) is 222 Å². The van der Waals surface area contributed by atoms with Crippen molar-refractivity contribution in [3.8, 4) is 44.5 Å². The average molecular weight is 814 g/mol. The van der Waals surface area contributed by atoms with E-state index in [0.717, 1.165) is 12.8 Å². The van der Waals surface area contributed by atoms with E-state index in [9.17, 15) is 0 Å². The second-order valence-electron chi connectivity index (χ2n) is 16.0. The van der Waals surface area contributed by atoms with Gasteiger partial charge in [0.1, 0.15) is 0 Å². The largest absolute Gasteiger partial charge is 0.314 e. The van der Waals surface area contributed by atoms with Crippen LogP contribution in [-0.2, 0) is 6.42 Å². The van der Waals surface area contributed by atoms with Gasteiger partial charge in [0, 0.05) is 46.5 Å². The van der Waals surface area contributed by atoms with Crippen molar-refractivity contribution in [2.75, 3.05) is 4.90 Å². The van der Waals surface area contributed by atoms with Gasteiger partial charge in [0.15, 0.2) is 0 Å². The van der Waals surface area contributed by atoms with E-state index in [-0.39, 0.29) is 0 Å². The number of hydrogen-bond acceptors (Lipinski definition) is 3. The molecule has 1 aliphatic carbocycles. The zero-order chi connectivity index (χ0) is 40.3. The quantitative estimate of drug-likeness (QED) is 0.155. The smallest absolute Gasteiger partial charge is 0.0552 e. The molecular formula is C58H39NS2. The van der Waals surface area contributed by atoms with Crippen molar-refractivity contribution in [1.82, 2.24) is 0 Å². The molecule has 1 nitrogen and oxygen atoms in total. The Morgan fingerprint density at radius 1 is 0.393 bits per heavy atom. The van der Waals surface area contributed by atoms with E-state index >= 15 is 0 Å². The molecule has 0 atom stereocenters. The maximum absolute atomic E-state index is 2.56. The van der Waals surface area contributed by atoms with Gasteiger partial charge in [-0.25, -0.2) is 0 Å². The molecule has 0 saturated carbocycles. The van der Waals surface area contributed by atoms with Crippen LogP contribution in [0.15, 0.2) is 212 Å². The maximum atomic E-state index is 2.56. The summed E-state index contributed by atoms with van der Waals surface area (Å²) >= 11 is 3.86. The fourth-order valence-corrected chi connectivity index (χ4v) is 11.8. The monoisotopic (exact) mass is 813 g/mol. The average Bonchev–Trinajstić information content (AvgIpc) is 3.91. The number of hydrogen-bond donors (Lipinski definition) is 0. The van der Waals surface area contributed by atoms with E-state index in [4.69, 9.17) is 0 Å². The molecule has 0 fully saturated rings. The predicted molar refractivity (Wildman–Crippen MR) is 265 cm³/mol. The molecule has 288 valence electrons. The van der Waals surface area contributed by atoms with Crippen LogP contribution in [0.4, 0.5) is 11.4 Å². The zero-order valence-corrected chi connectivity index (χ0v) is 35.0. The van der Waals surface area contributed by atoms with Crippen LogP contribution in [0.1, 0.15) is 16.9 Å². The fraction of sp³-hybridized carbons (Fsp3) is 0.0345. The number of fused-ring (bicyclic) bond motifs is 7. The topological polar surface area (TPSA) is 3.24 Å². The zero-order valence-electron chi connectivity index (χ0n) is 33.4. The molecule has 0 spiro atoms. The number of rotatable bonds is 7. The first kappa shape index (κ1) is 35.9. The minimum Gasteiger partial charge on any atom is -0.314 e. The summed E-state index contributed by atoms with van der Waals surface area (Å²) in [6.45, 7) is 0. The van der Waals surface area contributed by atoms with Crippen molar-refractivity contribution in [1.29, 1.82) is 0 Å². The van der Waals surface area contributed by atoms with Gasteiger partial charge in [0.25, 0.3) is 0 Å². The molecule has 0 saturated heterocycles. The van der Waals surface area contributed by atoms with Gasteiger partial charge < -0.3 is 4.90 Å². The van der Waals surface area contributed by atoms with E-state index in [1.54, 1.807) is 0 Å². The minimum atomic E-state index is 0.952. The third kappa shape index (κ3) is 6.37. The van der Waals surface area contributed by atoms with Crippen LogP contribution in [-0.4, -0.2) is 0 Å². The molecule has 12 rings (SSSR count). The number of benzene rings is 9. The molecule has 11 aromatic rings. The molecule has 0 N–H and O–H groups in total. The van der Waals surface area contributed by atoms with Gasteiger partial charge in [0.05, 0.1) is 5.69 Å². The van der Waals surface area contributed by atoms with Gasteiger partial charge in [-0.15, -0.1) is 22.7 Å². The molecule has 3 heteroatoms. The minimum absolute atomic E-state index is 0.952. The second kappa shape index (κ2) is 14.9. The maximum Gasteiger partial charge on any atom is 0.0552 e. The molecule has 1 aliphatic rings. The Bertz CT molecular complexity index is 3450. The molecule has 2 heterocycles. The standard InChI is InChI=1S/C58H39NS2/c1-3-11-38(12-4-1)46-27-31-50-52-37-48(30-34-55(52)60-56(50)36-46)59(53-33-32-49(43-14-5-2-6-15-43)58-57(53)51-17-9-10-18-54(51)61-58)47-28-25-41(26-29-47)40-19-21-42(22-20-40)45-24-23-39-13-7-8-16-44(39)35-45/h1-29,31-33,35-37H,30,34H2. The SMILES string of the molecule is C1=C(N(c2ccc(-c3ccc(-c4ccc5ccccc5c4)cc3)cc2)c2ccc(-c3ccccc3)c3sc4ccccc4c23)CCc2sc3cc(-c4ccccc4)ccc3c21. The summed E-state index contributed by atoms with van der Waals surface area (Å²) in [4.78, 5) is 4.03. The number of anilines is 2. The van der Waals surface area contributed by atoms with Crippen molar-refractivity contribution in [2.24, 2.45) is 0 Å². The van der Waals surface area contributed by atoms with Gasteiger partial charge in [-0.1, -0.05) is 170 Å². The summed E-state index contributed by atoms with van der Waals surface area (Å²) in [6, 6.07) is 75.9. The third-order valence-corrected chi connectivity index (χ3v) is 14.8. The summed E-state index contributed by atoms with van der Waals surface area (Å²) in [6.07, 6.45) is 4.45. The van der Waals surface area contributed by atoms with Crippen LogP contribution in [0.3, 0.4) is 0 Å². The van der Waals surface area contributed by atoms with Gasteiger partial charge in [-0.05, 0) is 116 Å². The molecule has 61 heavy (non-hydrogen) atoms. The highest BCUT2D eigenvalue weighted by atomic mass is 32.1. The molecule has 0 aliphatic heterocycles. The van der Waals surface area contributed by atoms with Crippen molar-refractivity contribution in [3.63, 3.8) is 0 Å². The first-order valence-corrected chi connectivity index (χ1v) is 22.7. The van der Waals surface area contributed by atoms with Crippen molar-refractivity contribution in [2.45, 2.75) is 12.8 Å². The summed E-state index contributed by atoms with van der Waals surface area (Å²) < 4.78 is 3.98. The number of allylic oxidation sites excluding steroid dienone is 1. The molecular weight excluding hydrogens is 775 g/mol. The first-order chi connectivity index (χ1) is 30.2. The van der Waals surface area contributed by atoms with Crippen LogP contribution in [0.2, 0.25) is 0 Å². The molecule has 9 aromatic carbocycles. The normalized spacial score (nSPS) is 12.6. The lowest BCUT2D eigenvalue weighted by Crippen LogP contribution is -2.19. The Labute approximate surface area is 363 Å². The Hall–Kier alpha value is -7.04. The number of nitrogens with zero attached hydrogens (tertiary/aromatic N) is 1. The molecule has 2 aromatic heterocycles. The Kier molecular flexibility index (Phi) is 8.76. The van der Waals surface area contributed by atoms with Crippen LogP contribution in [0, 0.1) is 0 Å².